The number of benzene rings is 2. The van der Waals surface area contributed by atoms with E-state index in [1.54, 1.807) is 24.3 Å². The number of hydrogen-bond donors (Lipinski definition) is 0. The minimum atomic E-state index is -4.36. The first-order valence-corrected chi connectivity index (χ1v) is 11.6. The molecule has 3 nitrogen and oxygen atoms in total. The molecule has 0 bridgehead atoms. The van der Waals surface area contributed by atoms with Gasteiger partial charge in [0, 0.05) is 16.2 Å². The number of halogens is 4. The van der Waals surface area contributed by atoms with Gasteiger partial charge in [0.25, 0.3) is 0 Å². The van der Waals surface area contributed by atoms with Crippen LogP contribution in [-0.2, 0) is 16.6 Å². The molecule has 0 saturated heterocycles. The molecule has 3 aromatic rings. The van der Waals surface area contributed by atoms with Crippen molar-refractivity contribution < 1.29 is 22.2 Å². The summed E-state index contributed by atoms with van der Waals surface area (Å²) >= 11 is 6.03. The maximum Gasteiger partial charge on any atom is 0.446 e. The van der Waals surface area contributed by atoms with Crippen LogP contribution in [0.25, 0.3) is 10.9 Å². The molecular formula is C21H15ClF3NO2S2. The number of pyridine rings is 1. The van der Waals surface area contributed by atoms with Gasteiger partial charge >= 0.3 is 5.51 Å². The molecule has 1 atom stereocenters. The average Bonchev–Trinajstić information content (AvgIpc) is 3.52. The Labute approximate surface area is 182 Å². The van der Waals surface area contributed by atoms with Gasteiger partial charge in [0.05, 0.1) is 32.7 Å². The average molecular weight is 470 g/mol. The number of nitrogens with zero attached hydrogens (tertiary/aromatic N) is 1. The molecule has 1 saturated carbocycles. The van der Waals surface area contributed by atoms with Crippen molar-refractivity contribution in [3.8, 4) is 0 Å². The van der Waals surface area contributed by atoms with Crippen LogP contribution in [0.3, 0.4) is 0 Å². The lowest BCUT2D eigenvalue weighted by Crippen LogP contribution is -2.11. The molecule has 1 unspecified atom stereocenters. The summed E-state index contributed by atoms with van der Waals surface area (Å²) in [5, 5.41) is 1.26. The van der Waals surface area contributed by atoms with Gasteiger partial charge in [-0.25, -0.2) is 4.98 Å². The lowest BCUT2D eigenvalue weighted by atomic mass is 10.1. The molecule has 9 heteroatoms. The Morgan fingerprint density at radius 3 is 2.50 bits per heavy atom. The summed E-state index contributed by atoms with van der Waals surface area (Å²) in [6.45, 7) is 0. The first-order chi connectivity index (χ1) is 14.2. The molecule has 1 aliphatic carbocycles. The standard InChI is InChI=1S/C21H15ClF3NO2S2/c22-17-3-1-2-14-10-16(19(27)13-6-7-13)20(26-18(14)17)30(28)11-12-4-8-15(9-5-12)29-21(23,24)25/h1-5,8-10,13H,6-7,11H2. The number of hydrogen-bond acceptors (Lipinski definition) is 4. The van der Waals surface area contributed by atoms with Crippen LogP contribution in [0, 0.1) is 5.92 Å². The van der Waals surface area contributed by atoms with Crippen molar-refractivity contribution in [2.45, 2.75) is 34.0 Å². The van der Waals surface area contributed by atoms with Crippen LogP contribution in [0.15, 0.2) is 58.5 Å². The van der Waals surface area contributed by atoms with Crippen LogP contribution >= 0.6 is 23.4 Å². The Balaban J connectivity index is 1.65. The highest BCUT2D eigenvalue weighted by Gasteiger charge is 2.33. The third-order valence-corrected chi connectivity index (χ3v) is 7.03. The number of Topliss-reactive ketones (excluding diaryl/α,β-unsaturated/α-hetero) is 1. The SMILES string of the molecule is O=C(c1cc2cccc(Cl)c2nc1S(=O)Cc1ccc(SC(F)(F)F)cc1)C1CC1. The highest BCUT2D eigenvalue weighted by atomic mass is 35.5. The number of thioether (sulfide) groups is 1. The maximum absolute atomic E-state index is 13.1. The summed E-state index contributed by atoms with van der Waals surface area (Å²) in [6.07, 6.45) is 1.60. The predicted octanol–water partition coefficient (Wildman–Crippen LogP) is 6.40. The monoisotopic (exact) mass is 469 g/mol. The van der Waals surface area contributed by atoms with Gasteiger partial charge in [0.2, 0.25) is 0 Å². The van der Waals surface area contributed by atoms with Crippen LogP contribution in [0.2, 0.25) is 5.02 Å². The van der Waals surface area contributed by atoms with E-state index in [-0.39, 0.29) is 39.1 Å². The van der Waals surface area contributed by atoms with Gasteiger partial charge in [0.15, 0.2) is 5.78 Å². The van der Waals surface area contributed by atoms with E-state index in [2.05, 4.69) is 4.98 Å². The minimum Gasteiger partial charge on any atom is -0.294 e. The van der Waals surface area contributed by atoms with E-state index in [0.717, 1.165) is 12.8 Å². The van der Waals surface area contributed by atoms with E-state index in [1.165, 1.54) is 24.3 Å². The summed E-state index contributed by atoms with van der Waals surface area (Å²) in [4.78, 5) is 17.3. The van der Waals surface area contributed by atoms with Crippen LogP contribution in [-0.4, -0.2) is 20.5 Å². The zero-order valence-electron chi connectivity index (χ0n) is 15.4. The lowest BCUT2D eigenvalue weighted by molar-refractivity contribution is -0.0328. The molecule has 0 N–H and O–H groups in total. The number of aromatic nitrogens is 1. The van der Waals surface area contributed by atoms with Gasteiger partial charge in [-0.05, 0) is 54.4 Å². The number of rotatable bonds is 6. The fourth-order valence-electron chi connectivity index (χ4n) is 3.07. The van der Waals surface area contributed by atoms with E-state index in [1.807, 2.05) is 0 Å². The summed E-state index contributed by atoms with van der Waals surface area (Å²) in [5.74, 6) is -0.118. The quantitative estimate of drug-likeness (QED) is 0.309. The van der Waals surface area contributed by atoms with Crippen molar-refractivity contribution in [1.29, 1.82) is 0 Å². The van der Waals surface area contributed by atoms with Gasteiger partial charge in [-0.3, -0.25) is 9.00 Å². The smallest absolute Gasteiger partial charge is 0.294 e. The fourth-order valence-corrected chi connectivity index (χ4v) is 5.06. The van der Waals surface area contributed by atoms with Gasteiger partial charge < -0.3 is 0 Å². The van der Waals surface area contributed by atoms with Gasteiger partial charge in [0.1, 0.15) is 5.03 Å². The molecule has 0 radical (unpaired) electrons. The first-order valence-electron chi connectivity index (χ1n) is 9.08. The molecule has 30 heavy (non-hydrogen) atoms. The van der Waals surface area contributed by atoms with Crippen LogP contribution in [0.1, 0.15) is 28.8 Å². The van der Waals surface area contributed by atoms with E-state index in [4.69, 9.17) is 11.6 Å². The summed E-state index contributed by atoms with van der Waals surface area (Å²) in [5.41, 5.74) is -2.98. The van der Waals surface area contributed by atoms with Crippen molar-refractivity contribution in [2.75, 3.05) is 0 Å². The molecular weight excluding hydrogens is 455 g/mol. The van der Waals surface area contributed by atoms with Crippen LogP contribution < -0.4 is 0 Å². The second kappa shape index (κ2) is 8.32. The van der Waals surface area contributed by atoms with Gasteiger partial charge in [-0.2, -0.15) is 13.2 Å². The topological polar surface area (TPSA) is 47.0 Å². The van der Waals surface area contributed by atoms with Crippen molar-refractivity contribution >= 4 is 50.8 Å². The summed E-state index contributed by atoms with van der Waals surface area (Å²) < 4.78 is 50.6. The summed E-state index contributed by atoms with van der Waals surface area (Å²) in [7, 11) is -1.66. The Kier molecular flexibility index (Phi) is 5.92. The minimum absolute atomic E-state index is 0.0326. The number of carbonyl (C=O) groups excluding carboxylic acids is 1. The second-order valence-corrected chi connectivity index (χ2v) is 9.88. The molecule has 2 aromatic carbocycles. The van der Waals surface area contributed by atoms with Gasteiger partial charge in [-0.15, -0.1) is 0 Å². The van der Waals surface area contributed by atoms with E-state index in [9.17, 15) is 22.2 Å². The molecule has 1 fully saturated rings. The van der Waals surface area contributed by atoms with Gasteiger partial charge in [-0.1, -0.05) is 35.9 Å². The van der Waals surface area contributed by atoms with Crippen LogP contribution in [0.5, 0.6) is 0 Å². The fraction of sp³-hybridized carbons (Fsp3) is 0.238. The molecule has 1 heterocycles. The van der Waals surface area contributed by atoms with Crippen molar-refractivity contribution in [3.63, 3.8) is 0 Å². The number of alkyl halides is 3. The summed E-state index contributed by atoms with van der Waals surface area (Å²) in [6, 6.07) is 12.6. The lowest BCUT2D eigenvalue weighted by Gasteiger charge is -2.11. The third kappa shape index (κ3) is 4.87. The van der Waals surface area contributed by atoms with Crippen molar-refractivity contribution in [2.24, 2.45) is 5.92 Å². The van der Waals surface area contributed by atoms with Crippen molar-refractivity contribution in [3.05, 3.63) is 64.7 Å². The van der Waals surface area contributed by atoms with Crippen LogP contribution in [0.4, 0.5) is 13.2 Å². The molecule has 0 amide bonds. The predicted molar refractivity (Wildman–Crippen MR) is 112 cm³/mol. The number of ketones is 1. The zero-order chi connectivity index (χ0) is 21.5. The molecule has 1 aliphatic rings. The third-order valence-electron chi connectivity index (χ3n) is 4.65. The Hall–Kier alpha value is -1.90. The molecule has 1 aromatic heterocycles. The molecule has 0 spiro atoms. The van der Waals surface area contributed by atoms with E-state index >= 15 is 0 Å². The number of para-hydroxylation sites is 1. The van der Waals surface area contributed by atoms with E-state index < -0.39 is 16.3 Å². The Bertz CT molecular complexity index is 1150. The molecule has 4 rings (SSSR count). The van der Waals surface area contributed by atoms with Crippen molar-refractivity contribution in [1.82, 2.24) is 4.98 Å². The Morgan fingerprint density at radius 1 is 1.17 bits per heavy atom. The zero-order valence-corrected chi connectivity index (χ0v) is 17.8. The second-order valence-electron chi connectivity index (χ2n) is 6.97. The molecule has 156 valence electrons. The largest absolute Gasteiger partial charge is 0.446 e. The highest BCUT2D eigenvalue weighted by Crippen LogP contribution is 2.37. The first kappa shape index (κ1) is 21.3. The highest BCUT2D eigenvalue weighted by molar-refractivity contribution is 8.00. The normalized spacial score (nSPS) is 15.3. The van der Waals surface area contributed by atoms with E-state index in [0.29, 0.717) is 27.1 Å². The Morgan fingerprint density at radius 2 is 1.87 bits per heavy atom. The molecule has 0 aliphatic heterocycles. The maximum atomic E-state index is 13.1. The number of carbonyl (C=O) groups is 1. The number of fused-ring (bicyclic) bond motifs is 1.